The second kappa shape index (κ2) is 11.6. The van der Waals surface area contributed by atoms with Crippen LogP contribution in [0.4, 0.5) is 39.5 Å². The number of halogens is 10. The van der Waals surface area contributed by atoms with Crippen LogP contribution in [0.15, 0.2) is 53.0 Å². The summed E-state index contributed by atoms with van der Waals surface area (Å²) < 4.78 is 116. The summed E-state index contributed by atoms with van der Waals surface area (Å²) in [6, 6.07) is 5.21. The van der Waals surface area contributed by atoms with Gasteiger partial charge >= 0.3 is 18.5 Å². The van der Waals surface area contributed by atoms with Crippen molar-refractivity contribution in [2.24, 2.45) is 0 Å². The lowest BCUT2D eigenvalue weighted by Gasteiger charge is -2.19. The normalized spacial score (nSPS) is 14.4. The lowest BCUT2D eigenvalue weighted by Crippen LogP contribution is -2.47. The van der Waals surface area contributed by atoms with Crippen LogP contribution in [-0.4, -0.2) is 36.8 Å². The van der Waals surface area contributed by atoms with Gasteiger partial charge in [0.25, 0.3) is 5.91 Å². The third-order valence-electron chi connectivity index (χ3n) is 4.85. The summed E-state index contributed by atoms with van der Waals surface area (Å²) in [7, 11) is 0. The van der Waals surface area contributed by atoms with Crippen molar-refractivity contribution in [1.29, 1.82) is 0 Å². The second-order valence-corrected chi connectivity index (χ2v) is 8.62. The Balaban J connectivity index is 2.20. The van der Waals surface area contributed by atoms with E-state index in [1.165, 1.54) is 18.2 Å². The van der Waals surface area contributed by atoms with Crippen molar-refractivity contribution in [1.82, 2.24) is 10.6 Å². The van der Waals surface area contributed by atoms with Gasteiger partial charge in [-0.15, -0.1) is 0 Å². The predicted molar refractivity (Wildman–Crippen MR) is 119 cm³/mol. The van der Waals surface area contributed by atoms with Crippen LogP contribution in [0, 0.1) is 0 Å². The zero-order chi connectivity index (χ0) is 28.2. The molecule has 0 radical (unpaired) electrons. The Bertz CT molecular complexity index is 1160. The summed E-state index contributed by atoms with van der Waals surface area (Å²) in [5.74, 6) is -4.30. The first-order chi connectivity index (χ1) is 16.9. The van der Waals surface area contributed by atoms with Crippen molar-refractivity contribution in [3.05, 3.63) is 75.3 Å². The number of alkyl halides is 9. The van der Waals surface area contributed by atoms with E-state index >= 15 is 0 Å². The average Bonchev–Trinajstić information content (AvgIpc) is 2.75. The maximum atomic E-state index is 13.6. The van der Waals surface area contributed by atoms with Crippen molar-refractivity contribution < 1.29 is 49.1 Å². The van der Waals surface area contributed by atoms with Crippen LogP contribution in [0.1, 0.15) is 39.9 Å². The number of rotatable bonds is 7. The molecule has 0 aliphatic rings. The lowest BCUT2D eigenvalue weighted by atomic mass is 9.95. The topological polar surface area (TPSA) is 58.2 Å². The Morgan fingerprint density at radius 3 is 2.16 bits per heavy atom. The van der Waals surface area contributed by atoms with Crippen molar-refractivity contribution in [2.45, 2.75) is 37.4 Å². The number of hydrogen-bond donors (Lipinski definition) is 2. The van der Waals surface area contributed by atoms with Gasteiger partial charge < -0.3 is 10.6 Å². The number of amides is 2. The molecule has 2 N–H and O–H groups in total. The smallest absolute Gasteiger partial charge is 0.345 e. The van der Waals surface area contributed by atoms with Crippen LogP contribution in [0.25, 0.3) is 6.08 Å². The molecule has 2 aromatic carbocycles. The highest BCUT2D eigenvalue weighted by molar-refractivity contribution is 9.10. The van der Waals surface area contributed by atoms with Crippen LogP contribution >= 0.6 is 15.9 Å². The molecule has 0 fully saturated rings. The van der Waals surface area contributed by atoms with Crippen LogP contribution in [0.5, 0.6) is 0 Å². The van der Waals surface area contributed by atoms with E-state index in [4.69, 9.17) is 0 Å². The highest BCUT2D eigenvalue weighted by Gasteiger charge is 2.40. The van der Waals surface area contributed by atoms with Gasteiger partial charge in [-0.05, 0) is 52.2 Å². The Labute approximate surface area is 213 Å². The molecule has 0 aliphatic heterocycles. The summed E-state index contributed by atoms with van der Waals surface area (Å²) in [4.78, 5) is 24.1. The number of benzene rings is 2. The quantitative estimate of drug-likeness (QED) is 0.349. The standard InChI is InChI=1S/C23H18BrF9N2O2/c1-12(19(36)34-11-21(25,26)27)35-20(37)16-7-5-13(9-18(16)24)6-8-17(23(31,32)33)14-3-2-4-15(10-14)22(28,29)30/h2-10,12,17H,11H2,1H3,(H,34,36)(H,35,37)/b8-6+/t12-,17?/m1/s1. The molecule has 0 saturated heterocycles. The molecule has 37 heavy (non-hydrogen) atoms. The molecule has 0 saturated carbocycles. The second-order valence-electron chi connectivity index (χ2n) is 7.77. The van der Waals surface area contributed by atoms with Gasteiger partial charge in [0.2, 0.25) is 5.91 Å². The minimum absolute atomic E-state index is 0.0714. The summed E-state index contributed by atoms with van der Waals surface area (Å²) in [5, 5.41) is 3.81. The summed E-state index contributed by atoms with van der Waals surface area (Å²) in [5.41, 5.74) is -1.77. The lowest BCUT2D eigenvalue weighted by molar-refractivity contribution is -0.142. The number of allylic oxidation sites excluding steroid dienone is 1. The molecule has 0 spiro atoms. The molecule has 14 heteroatoms. The maximum Gasteiger partial charge on any atom is 0.416 e. The molecule has 0 bridgehead atoms. The average molecular weight is 605 g/mol. The van der Waals surface area contributed by atoms with E-state index in [-0.39, 0.29) is 15.6 Å². The molecule has 0 aliphatic carbocycles. The van der Waals surface area contributed by atoms with Crippen molar-refractivity contribution >= 4 is 33.8 Å². The number of nitrogens with one attached hydrogen (secondary N) is 2. The fourth-order valence-electron chi connectivity index (χ4n) is 3.02. The Kier molecular flexibility index (Phi) is 9.44. The molecule has 1 unspecified atom stereocenters. The van der Waals surface area contributed by atoms with Gasteiger partial charge in [0, 0.05) is 4.47 Å². The first-order valence-corrected chi connectivity index (χ1v) is 11.0. The van der Waals surface area contributed by atoms with Crippen molar-refractivity contribution in [2.75, 3.05) is 6.54 Å². The van der Waals surface area contributed by atoms with Gasteiger partial charge in [-0.2, -0.15) is 39.5 Å². The van der Waals surface area contributed by atoms with Gasteiger partial charge in [-0.25, -0.2) is 0 Å². The Morgan fingerprint density at radius 1 is 0.973 bits per heavy atom. The first-order valence-electron chi connectivity index (χ1n) is 10.3. The highest BCUT2D eigenvalue weighted by Crippen LogP contribution is 2.39. The van der Waals surface area contributed by atoms with E-state index in [2.05, 4.69) is 21.2 Å². The molecule has 202 valence electrons. The number of carbonyl (C=O) groups excluding carboxylic acids is 2. The molecule has 4 nitrogen and oxygen atoms in total. The van der Waals surface area contributed by atoms with Crippen molar-refractivity contribution in [3.63, 3.8) is 0 Å². The zero-order valence-electron chi connectivity index (χ0n) is 18.7. The van der Waals surface area contributed by atoms with Gasteiger partial charge in [-0.1, -0.05) is 36.4 Å². The maximum absolute atomic E-state index is 13.6. The summed E-state index contributed by atoms with van der Waals surface area (Å²) in [6.45, 7) is -0.435. The summed E-state index contributed by atoms with van der Waals surface area (Å²) >= 11 is 3.06. The minimum atomic E-state index is -4.90. The van der Waals surface area contributed by atoms with Gasteiger partial charge in [-0.3, -0.25) is 9.59 Å². The fraction of sp³-hybridized carbons (Fsp3) is 0.304. The van der Waals surface area contributed by atoms with E-state index in [0.717, 1.165) is 25.1 Å². The van der Waals surface area contributed by atoms with E-state index in [0.29, 0.717) is 18.2 Å². The summed E-state index contributed by atoms with van der Waals surface area (Å²) in [6.07, 6.45) is -12.7. The van der Waals surface area contributed by atoms with E-state index < -0.39 is 60.0 Å². The van der Waals surface area contributed by atoms with Crippen molar-refractivity contribution in [3.8, 4) is 0 Å². The zero-order valence-corrected chi connectivity index (χ0v) is 20.2. The predicted octanol–water partition coefficient (Wildman–Crippen LogP) is 6.62. The highest BCUT2D eigenvalue weighted by atomic mass is 79.9. The van der Waals surface area contributed by atoms with Gasteiger partial charge in [0.1, 0.15) is 12.6 Å². The molecule has 0 heterocycles. The van der Waals surface area contributed by atoms with Crippen LogP contribution < -0.4 is 10.6 Å². The van der Waals surface area contributed by atoms with E-state index in [1.54, 1.807) is 5.32 Å². The molecular weight excluding hydrogens is 587 g/mol. The largest absolute Gasteiger partial charge is 0.416 e. The van der Waals surface area contributed by atoms with Crippen LogP contribution in [0.2, 0.25) is 0 Å². The monoisotopic (exact) mass is 604 g/mol. The van der Waals surface area contributed by atoms with Gasteiger partial charge in [0.05, 0.1) is 17.0 Å². The van der Waals surface area contributed by atoms with E-state index in [1.807, 2.05) is 0 Å². The third-order valence-corrected chi connectivity index (χ3v) is 5.50. The Morgan fingerprint density at radius 2 is 1.62 bits per heavy atom. The number of hydrogen-bond acceptors (Lipinski definition) is 2. The fourth-order valence-corrected chi connectivity index (χ4v) is 3.60. The minimum Gasteiger partial charge on any atom is -0.345 e. The van der Waals surface area contributed by atoms with Crippen LogP contribution in [0.3, 0.4) is 0 Å². The molecule has 0 aromatic heterocycles. The molecule has 2 atom stereocenters. The van der Waals surface area contributed by atoms with Gasteiger partial charge in [0.15, 0.2) is 0 Å². The van der Waals surface area contributed by atoms with Crippen LogP contribution in [-0.2, 0) is 11.0 Å². The SMILES string of the molecule is C[C@@H](NC(=O)c1ccc(/C=C/C(c2cccc(C(F)(F)F)c2)C(F)(F)F)cc1Br)C(=O)NCC(F)(F)F. The molecule has 2 rings (SSSR count). The molecule has 2 amide bonds. The number of carbonyl (C=O) groups is 2. The first kappa shape index (κ1) is 30.2. The Hall–Kier alpha value is -3.03. The van der Waals surface area contributed by atoms with E-state index in [9.17, 15) is 49.1 Å². The molecular formula is C23H18BrF9N2O2. The molecule has 2 aromatic rings. The third kappa shape index (κ3) is 9.09.